The maximum Gasteiger partial charge on any atom is 1.00 e. The molecule has 260 valence electrons. The first-order chi connectivity index (χ1) is 23.3. The van der Waals surface area contributed by atoms with Crippen LogP contribution in [0.3, 0.4) is 0 Å². The molecule has 2 N–H and O–H groups in total. The fraction of sp³-hybridized carbons (Fsp3) is 0.314. The maximum absolute atomic E-state index is 12.2. The molecule has 0 fully saturated rings. The number of carbonyl (C=O) groups is 1. The second-order valence-electron chi connectivity index (χ2n) is 13.1. The number of nitriles is 1. The summed E-state index contributed by atoms with van der Waals surface area (Å²) in [5, 5.41) is 30.5. The predicted molar refractivity (Wildman–Crippen MR) is 180 cm³/mol. The number of hydrogen-bond donors (Lipinski definition) is 2. The number of unbranched alkanes of at least 4 members (excludes halogenated alkanes) is 2. The first kappa shape index (κ1) is 44.6. The number of anilines is 1. The van der Waals surface area contributed by atoms with Crippen LogP contribution in [0.2, 0.25) is 0 Å². The third-order valence-electron chi connectivity index (χ3n) is 9.28. The third kappa shape index (κ3) is 8.24. The molecular formula is C35H32K2N4O9S2. The number of aliphatic carboxylic acids is 1. The van der Waals surface area contributed by atoms with E-state index in [0.717, 1.165) is 23.0 Å². The van der Waals surface area contributed by atoms with Crippen LogP contribution in [0.5, 0.6) is 0 Å². The molecule has 2 aliphatic heterocycles. The van der Waals surface area contributed by atoms with E-state index in [9.17, 15) is 41.1 Å². The second kappa shape index (κ2) is 16.5. The van der Waals surface area contributed by atoms with E-state index >= 15 is 0 Å². The topological polar surface area (TPSA) is 216 Å². The van der Waals surface area contributed by atoms with Crippen molar-refractivity contribution >= 4 is 43.3 Å². The summed E-state index contributed by atoms with van der Waals surface area (Å²) in [7, 11) is -10.3. The molecule has 0 radical (unpaired) electrons. The number of rotatable bonds is 10. The van der Waals surface area contributed by atoms with Crippen LogP contribution in [0, 0.1) is 17.9 Å². The van der Waals surface area contributed by atoms with Crippen molar-refractivity contribution in [2.45, 2.75) is 74.0 Å². The number of aliphatic hydroxyl groups excluding tert-OH is 1. The Kier molecular flexibility index (Phi) is 14.2. The number of aliphatic imine (C=N–C) groups is 1. The number of fused-ring (bicyclic) bond motifs is 2. The van der Waals surface area contributed by atoms with Crippen molar-refractivity contribution in [1.29, 1.82) is 5.26 Å². The molecule has 17 heteroatoms. The minimum absolute atomic E-state index is 0. The fourth-order valence-corrected chi connectivity index (χ4v) is 8.21. The Labute approximate surface area is 388 Å². The van der Waals surface area contributed by atoms with Crippen LogP contribution in [0.15, 0.2) is 97.2 Å². The average Bonchev–Trinajstić information content (AvgIpc) is 3.41. The minimum atomic E-state index is -5.17. The van der Waals surface area contributed by atoms with Gasteiger partial charge in [0.15, 0.2) is 0 Å². The van der Waals surface area contributed by atoms with E-state index in [1.807, 2.05) is 44.2 Å². The molecule has 3 aliphatic rings. The van der Waals surface area contributed by atoms with Gasteiger partial charge in [-0.05, 0) is 48.8 Å². The van der Waals surface area contributed by atoms with Crippen LogP contribution < -0.4 is 108 Å². The fourth-order valence-electron chi connectivity index (χ4n) is 6.76. The van der Waals surface area contributed by atoms with Gasteiger partial charge in [0.05, 0.1) is 33.8 Å². The quantitative estimate of drug-likeness (QED) is 0.104. The van der Waals surface area contributed by atoms with Crippen molar-refractivity contribution in [3.8, 4) is 6.07 Å². The number of benzene rings is 2. The average molecular weight is 795 g/mol. The summed E-state index contributed by atoms with van der Waals surface area (Å²) in [5.74, 6) is -1.19. The summed E-state index contributed by atoms with van der Waals surface area (Å²) in [6.07, 6.45) is 4.86. The Morgan fingerprint density at radius 1 is 0.981 bits per heavy atom. The van der Waals surface area contributed by atoms with Gasteiger partial charge in [0.1, 0.15) is 26.0 Å². The zero-order chi connectivity index (χ0) is 37.0. The first-order valence-electron chi connectivity index (χ1n) is 15.4. The summed E-state index contributed by atoms with van der Waals surface area (Å²) < 4.78 is 72.9. The molecule has 0 bridgehead atoms. The van der Waals surface area contributed by atoms with E-state index in [4.69, 9.17) is 11.7 Å². The Hall–Kier alpha value is -1.79. The Bertz CT molecular complexity index is 2310. The van der Waals surface area contributed by atoms with E-state index in [2.05, 4.69) is 14.7 Å². The predicted octanol–water partition coefficient (Wildman–Crippen LogP) is -0.358. The van der Waals surface area contributed by atoms with Gasteiger partial charge < -0.3 is 24.2 Å². The molecule has 2 aromatic rings. The van der Waals surface area contributed by atoms with Crippen molar-refractivity contribution in [2.75, 3.05) is 11.4 Å². The minimum Gasteiger partial charge on any atom is -0.744 e. The van der Waals surface area contributed by atoms with Crippen LogP contribution in [0.4, 0.5) is 11.4 Å². The molecule has 0 atom stereocenters. The van der Waals surface area contributed by atoms with Crippen LogP contribution in [-0.4, -0.2) is 54.4 Å². The van der Waals surface area contributed by atoms with Crippen LogP contribution >= 0.6 is 0 Å². The number of carboxylic acids is 1. The van der Waals surface area contributed by atoms with Gasteiger partial charge in [-0.3, -0.25) is 9.79 Å². The Morgan fingerprint density at radius 3 is 2.17 bits per heavy atom. The van der Waals surface area contributed by atoms with Gasteiger partial charge in [-0.2, -0.15) is 0 Å². The summed E-state index contributed by atoms with van der Waals surface area (Å²) >= 11 is 0. The number of nitrogens with zero attached hydrogens (tertiary/aromatic N) is 4. The largest absolute Gasteiger partial charge is 1.00 e. The van der Waals surface area contributed by atoms with Gasteiger partial charge in [0.2, 0.25) is 0 Å². The van der Waals surface area contributed by atoms with Gasteiger partial charge in [0.25, 0.3) is 5.70 Å². The summed E-state index contributed by atoms with van der Waals surface area (Å²) in [6, 6.07) is 11.1. The van der Waals surface area contributed by atoms with Crippen LogP contribution in [0.25, 0.3) is 4.85 Å². The molecular weight excluding hydrogens is 763 g/mol. The normalized spacial score (nSPS) is 19.4. The van der Waals surface area contributed by atoms with Gasteiger partial charge in [-0.15, -0.1) is 0 Å². The summed E-state index contributed by atoms with van der Waals surface area (Å²) in [6.45, 7) is 15.1. The van der Waals surface area contributed by atoms with Crippen LogP contribution in [-0.2, 0) is 35.9 Å². The van der Waals surface area contributed by atoms with Crippen molar-refractivity contribution < 1.29 is 144 Å². The first-order valence-corrected chi connectivity index (χ1v) is 18.3. The molecule has 0 aromatic heterocycles. The molecule has 2 aromatic carbocycles. The van der Waals surface area contributed by atoms with E-state index < -0.39 is 52.5 Å². The van der Waals surface area contributed by atoms with E-state index in [1.165, 1.54) is 19.9 Å². The zero-order valence-corrected chi connectivity index (χ0v) is 37.4. The Morgan fingerprint density at radius 2 is 1.60 bits per heavy atom. The van der Waals surface area contributed by atoms with Crippen molar-refractivity contribution in [2.24, 2.45) is 4.99 Å². The van der Waals surface area contributed by atoms with E-state index in [1.54, 1.807) is 6.08 Å². The smallest absolute Gasteiger partial charge is 0.744 e. The monoisotopic (exact) mass is 794 g/mol. The molecule has 5 rings (SSSR count). The molecule has 0 spiro atoms. The number of hydrogen-bond acceptors (Lipinski definition) is 11. The molecule has 0 saturated carbocycles. The molecule has 13 nitrogen and oxygen atoms in total. The molecule has 52 heavy (non-hydrogen) atoms. The number of para-hydroxylation sites is 1. The second-order valence-corrected chi connectivity index (χ2v) is 15.8. The maximum atomic E-state index is 12.2. The van der Waals surface area contributed by atoms with Crippen molar-refractivity contribution in [1.82, 2.24) is 0 Å². The van der Waals surface area contributed by atoms with Gasteiger partial charge in [0, 0.05) is 57.5 Å². The summed E-state index contributed by atoms with van der Waals surface area (Å²) in [5.41, 5.74) is -0.382. The number of carboxylic acid groups (broad SMARTS) is 1. The van der Waals surface area contributed by atoms with Crippen molar-refractivity contribution in [3.05, 3.63) is 105 Å². The molecule has 0 unspecified atom stereocenters. The Balaban J connectivity index is 0.00000364. The van der Waals surface area contributed by atoms with Gasteiger partial charge in [-0.25, -0.2) is 26.9 Å². The van der Waals surface area contributed by atoms with E-state index in [-0.39, 0.29) is 149 Å². The molecule has 0 saturated heterocycles. The number of allylic oxidation sites excluding steroid dienone is 6. The van der Waals surface area contributed by atoms with Crippen LogP contribution in [0.1, 0.15) is 64.5 Å². The zero-order valence-electron chi connectivity index (χ0n) is 29.5. The van der Waals surface area contributed by atoms with Gasteiger partial charge in [-0.1, -0.05) is 52.3 Å². The standard InChI is InChI=1S/C35H34N4O9S2.2K/c1-34(2)22-11-8-9-12-24(22)39(16-10-6-7-13-29(40)41)28(34)18-21-30(23(19-36)37-5)20(33(21)42)17-27-35(3,4)31-25(49(43,44)45)14-15-26(32(31)38-27)50(46,47)48;;/h8-9,11-12,14-15,17-18,42H,6-7,10,13,16H2,1-4H3,(H,40,41)(H,43,44,45)(H,46,47,48);;/q;2*+1/p-2/b20-17?,28-18?,30-23-;;. The molecule has 0 amide bonds. The molecule has 1 aliphatic carbocycles. The summed E-state index contributed by atoms with van der Waals surface area (Å²) in [4.78, 5) is 19.1. The van der Waals surface area contributed by atoms with E-state index in [0.29, 0.717) is 31.9 Å². The number of aliphatic hydroxyl groups is 1. The third-order valence-corrected chi connectivity index (χ3v) is 11.0. The SMILES string of the molecule is [C-]#[N+]/C(C#N)=C1/C(=CC2=Nc3c(S(=O)(=O)[O-])ccc(S(=O)(=O)[O-])c3C2(C)C)C(O)=C1C=C1N(CCCCCC(=O)O)c2ccccc2C1(C)C.[K+].[K+]. The molecule has 2 heterocycles. The van der Waals surface area contributed by atoms with Crippen molar-refractivity contribution in [3.63, 3.8) is 0 Å². The van der Waals surface area contributed by atoms with Gasteiger partial charge >= 0.3 is 109 Å².